The van der Waals surface area contributed by atoms with Crippen LogP contribution in [0.2, 0.25) is 0 Å². The Labute approximate surface area is 122 Å². The van der Waals surface area contributed by atoms with E-state index in [0.717, 1.165) is 6.07 Å². The van der Waals surface area contributed by atoms with Crippen LogP contribution in [0.1, 0.15) is 13.8 Å². The molecule has 0 radical (unpaired) electrons. The fourth-order valence-corrected chi connectivity index (χ4v) is 2.54. The van der Waals surface area contributed by atoms with Crippen LogP contribution in [0.4, 0.5) is 11.4 Å². The Bertz CT molecular complexity index is 603. The fraction of sp³-hybridized carbons (Fsp3) is 0.455. The average Bonchev–Trinajstić information content (AvgIpc) is 2.42. The highest BCUT2D eigenvalue weighted by molar-refractivity contribution is 7.89. The fourth-order valence-electron chi connectivity index (χ4n) is 1.51. The zero-order valence-electron chi connectivity index (χ0n) is 11.7. The largest absolute Gasteiger partial charge is 0.377 e. The molecular weight excluding hydrogens is 300 g/mol. The molecule has 0 unspecified atom stereocenters. The summed E-state index contributed by atoms with van der Waals surface area (Å²) >= 11 is 0. The second kappa shape index (κ2) is 7.31. The minimum absolute atomic E-state index is 0.00879. The molecule has 0 aliphatic heterocycles. The number of rotatable bonds is 8. The molecule has 10 heteroatoms. The Morgan fingerprint density at radius 2 is 2.10 bits per heavy atom. The lowest BCUT2D eigenvalue weighted by atomic mass is 10.3. The van der Waals surface area contributed by atoms with Crippen molar-refractivity contribution in [1.82, 2.24) is 4.72 Å². The van der Waals surface area contributed by atoms with Gasteiger partial charge in [0.1, 0.15) is 5.69 Å². The van der Waals surface area contributed by atoms with Crippen LogP contribution >= 0.6 is 0 Å². The molecule has 4 N–H and O–H groups in total. The van der Waals surface area contributed by atoms with Crippen LogP contribution < -0.4 is 16.0 Å². The minimum atomic E-state index is -3.84. The van der Waals surface area contributed by atoms with Crippen molar-refractivity contribution in [2.24, 2.45) is 5.84 Å². The normalized spacial score (nSPS) is 11.6. The number of nitrogens with zero attached hydrogens (tertiary/aromatic N) is 1. The van der Waals surface area contributed by atoms with Crippen molar-refractivity contribution in [2.45, 2.75) is 24.8 Å². The predicted octanol–water partition coefficient (Wildman–Crippen LogP) is 0.584. The number of nitrogen functional groups attached to an aromatic ring is 1. The van der Waals surface area contributed by atoms with Gasteiger partial charge in [0.2, 0.25) is 10.0 Å². The lowest BCUT2D eigenvalue weighted by Crippen LogP contribution is -2.28. The Morgan fingerprint density at radius 1 is 1.43 bits per heavy atom. The first-order valence-electron chi connectivity index (χ1n) is 6.14. The van der Waals surface area contributed by atoms with Crippen molar-refractivity contribution >= 4 is 21.4 Å². The molecule has 21 heavy (non-hydrogen) atoms. The number of hydrazine groups is 1. The summed E-state index contributed by atoms with van der Waals surface area (Å²) in [5.41, 5.74) is 1.76. The molecule has 0 saturated heterocycles. The number of nitrogens with one attached hydrogen (secondary N) is 2. The molecule has 1 rings (SSSR count). The molecule has 1 aromatic rings. The smallest absolute Gasteiger partial charge is 0.294 e. The number of hydrogen-bond donors (Lipinski definition) is 3. The predicted molar refractivity (Wildman–Crippen MR) is 77.2 cm³/mol. The lowest BCUT2D eigenvalue weighted by molar-refractivity contribution is -0.384. The molecule has 0 saturated carbocycles. The number of nitro benzene ring substituents is 1. The van der Waals surface area contributed by atoms with Gasteiger partial charge in [0.25, 0.3) is 5.69 Å². The number of anilines is 1. The van der Waals surface area contributed by atoms with Gasteiger partial charge in [-0.05, 0) is 26.0 Å². The molecule has 1 aromatic carbocycles. The van der Waals surface area contributed by atoms with Gasteiger partial charge in [0.05, 0.1) is 22.5 Å². The van der Waals surface area contributed by atoms with E-state index in [1.807, 2.05) is 13.8 Å². The van der Waals surface area contributed by atoms with E-state index >= 15 is 0 Å². The standard InChI is InChI=1S/C11H18N4O5S/c1-8(2)20-6-5-13-21(18,19)9-3-4-10(14-12)11(7-9)15(16)17/h3-4,7-8,13-14H,5-6,12H2,1-2H3. The molecule has 118 valence electrons. The van der Waals surface area contributed by atoms with E-state index < -0.39 is 20.6 Å². The summed E-state index contributed by atoms with van der Waals surface area (Å²) in [5.74, 6) is 5.14. The maximum Gasteiger partial charge on any atom is 0.294 e. The molecule has 9 nitrogen and oxygen atoms in total. The van der Waals surface area contributed by atoms with Crippen LogP contribution in [-0.4, -0.2) is 32.6 Å². The van der Waals surface area contributed by atoms with Gasteiger partial charge >= 0.3 is 0 Å². The Hall–Kier alpha value is -1.75. The molecule has 0 spiro atoms. The molecule has 0 aromatic heterocycles. The van der Waals surface area contributed by atoms with Crippen molar-refractivity contribution in [3.63, 3.8) is 0 Å². The Morgan fingerprint density at radius 3 is 2.62 bits per heavy atom. The molecular formula is C11H18N4O5S. The van der Waals surface area contributed by atoms with E-state index in [9.17, 15) is 18.5 Å². The van der Waals surface area contributed by atoms with Gasteiger partial charge in [-0.15, -0.1) is 0 Å². The summed E-state index contributed by atoms with van der Waals surface area (Å²) in [7, 11) is -3.84. The van der Waals surface area contributed by atoms with Crippen molar-refractivity contribution in [3.8, 4) is 0 Å². The van der Waals surface area contributed by atoms with E-state index in [1.165, 1.54) is 12.1 Å². The van der Waals surface area contributed by atoms with Crippen LogP contribution in [0, 0.1) is 10.1 Å². The van der Waals surface area contributed by atoms with Gasteiger partial charge in [-0.25, -0.2) is 13.1 Å². The van der Waals surface area contributed by atoms with Gasteiger partial charge in [0.15, 0.2) is 0 Å². The average molecular weight is 318 g/mol. The van der Waals surface area contributed by atoms with Crippen molar-refractivity contribution in [2.75, 3.05) is 18.6 Å². The van der Waals surface area contributed by atoms with Crippen LogP contribution in [0.3, 0.4) is 0 Å². The number of hydrogen-bond acceptors (Lipinski definition) is 7. The molecule has 0 fully saturated rings. The summed E-state index contributed by atoms with van der Waals surface area (Å²) in [5, 5.41) is 10.9. The lowest BCUT2D eigenvalue weighted by Gasteiger charge is -2.10. The van der Waals surface area contributed by atoms with Gasteiger partial charge in [-0.2, -0.15) is 0 Å². The molecule has 0 aliphatic rings. The Balaban J connectivity index is 2.88. The third-order valence-corrected chi connectivity index (χ3v) is 3.94. The topological polar surface area (TPSA) is 137 Å². The van der Waals surface area contributed by atoms with Crippen LogP contribution in [0.5, 0.6) is 0 Å². The highest BCUT2D eigenvalue weighted by Gasteiger charge is 2.20. The molecule has 0 atom stereocenters. The number of nitrogens with two attached hydrogens (primary N) is 1. The summed E-state index contributed by atoms with van der Waals surface area (Å²) in [4.78, 5) is 9.95. The van der Waals surface area contributed by atoms with Gasteiger partial charge in [-0.1, -0.05) is 0 Å². The summed E-state index contributed by atoms with van der Waals surface area (Å²) in [6, 6.07) is 3.41. The Kier molecular flexibility index (Phi) is 6.03. The maximum atomic E-state index is 12.0. The van der Waals surface area contributed by atoms with Crippen LogP contribution in [0.15, 0.2) is 23.1 Å². The van der Waals surface area contributed by atoms with Crippen molar-refractivity contribution in [1.29, 1.82) is 0 Å². The second-order valence-electron chi connectivity index (χ2n) is 4.40. The molecule has 0 bridgehead atoms. The van der Waals surface area contributed by atoms with Gasteiger partial charge in [0, 0.05) is 12.6 Å². The van der Waals surface area contributed by atoms with Crippen molar-refractivity contribution < 1.29 is 18.1 Å². The molecule has 0 heterocycles. The highest BCUT2D eigenvalue weighted by atomic mass is 32.2. The maximum absolute atomic E-state index is 12.0. The summed E-state index contributed by atoms with van der Waals surface area (Å²) in [6.07, 6.45) is -0.00879. The third-order valence-electron chi connectivity index (χ3n) is 2.48. The minimum Gasteiger partial charge on any atom is -0.377 e. The van der Waals surface area contributed by atoms with Gasteiger partial charge in [-0.3, -0.25) is 16.0 Å². The van der Waals surface area contributed by atoms with E-state index in [0.29, 0.717) is 0 Å². The van der Waals surface area contributed by atoms with E-state index in [2.05, 4.69) is 10.1 Å². The van der Waals surface area contributed by atoms with E-state index in [1.54, 1.807) is 0 Å². The van der Waals surface area contributed by atoms with E-state index in [4.69, 9.17) is 10.6 Å². The van der Waals surface area contributed by atoms with Gasteiger partial charge < -0.3 is 10.2 Å². The number of ether oxygens (including phenoxy) is 1. The summed E-state index contributed by atoms with van der Waals surface area (Å²) < 4.78 is 31.5. The highest BCUT2D eigenvalue weighted by Crippen LogP contribution is 2.26. The summed E-state index contributed by atoms with van der Waals surface area (Å²) in [6.45, 7) is 3.94. The van der Waals surface area contributed by atoms with E-state index in [-0.39, 0.29) is 29.8 Å². The monoisotopic (exact) mass is 318 g/mol. The zero-order valence-corrected chi connectivity index (χ0v) is 12.5. The zero-order chi connectivity index (χ0) is 16.0. The number of nitro groups is 1. The first-order valence-corrected chi connectivity index (χ1v) is 7.62. The van der Waals surface area contributed by atoms with Crippen LogP contribution in [-0.2, 0) is 14.8 Å². The molecule has 0 aliphatic carbocycles. The number of sulfonamides is 1. The third kappa shape index (κ3) is 4.93. The number of benzene rings is 1. The molecule has 0 amide bonds. The SMILES string of the molecule is CC(C)OCCNS(=O)(=O)c1ccc(NN)c([N+](=O)[O-])c1. The second-order valence-corrected chi connectivity index (χ2v) is 6.16. The van der Waals surface area contributed by atoms with Crippen molar-refractivity contribution in [3.05, 3.63) is 28.3 Å². The first-order chi connectivity index (χ1) is 9.77. The first kappa shape index (κ1) is 17.3. The quantitative estimate of drug-likeness (QED) is 0.276. The van der Waals surface area contributed by atoms with Crippen LogP contribution in [0.25, 0.3) is 0 Å².